The normalized spacial score (nSPS) is 10.6. The number of nitrogens with zero attached hydrogens (tertiary/aromatic N) is 4. The molecule has 0 saturated carbocycles. The van der Waals surface area contributed by atoms with Crippen LogP contribution in [-0.2, 0) is 6.42 Å². The van der Waals surface area contributed by atoms with Crippen LogP contribution in [0.15, 0.2) is 48.5 Å². The molecule has 27 heavy (non-hydrogen) atoms. The van der Waals surface area contributed by atoms with Crippen LogP contribution in [0.5, 0.6) is 0 Å². The average Bonchev–Trinajstić information content (AvgIpc) is 2.64. The quantitative estimate of drug-likeness (QED) is 0.496. The molecular formula is C19H16N4O4. The summed E-state index contributed by atoms with van der Waals surface area (Å²) in [5.41, 5.74) is 2.91. The molecule has 0 aliphatic heterocycles. The van der Waals surface area contributed by atoms with E-state index in [4.69, 9.17) is 0 Å². The first-order valence-corrected chi connectivity index (χ1v) is 8.18. The molecule has 0 bridgehead atoms. The molecule has 0 radical (unpaired) electrons. The van der Waals surface area contributed by atoms with Crippen LogP contribution in [0, 0.1) is 34.1 Å². The third-order valence-corrected chi connectivity index (χ3v) is 4.32. The van der Waals surface area contributed by atoms with Crippen LogP contribution in [0.4, 0.5) is 11.4 Å². The molecular weight excluding hydrogens is 348 g/mol. The lowest BCUT2D eigenvalue weighted by Crippen LogP contribution is -2.06. The van der Waals surface area contributed by atoms with Crippen LogP contribution in [0.2, 0.25) is 0 Å². The third kappa shape index (κ3) is 3.64. The van der Waals surface area contributed by atoms with Gasteiger partial charge in [0.2, 0.25) is 0 Å². The molecule has 0 N–H and O–H groups in total. The standard InChI is InChI=1S/C19H16N4O4/c1-12-16(11-14-7-3-5-9-17(14)22(24)25)13(2)21-19(20-12)15-8-4-6-10-18(15)23(26)27/h3-10H,11H2,1-2H3. The van der Waals surface area contributed by atoms with Gasteiger partial charge in [0.05, 0.1) is 15.4 Å². The topological polar surface area (TPSA) is 112 Å². The molecule has 3 rings (SSSR count). The summed E-state index contributed by atoms with van der Waals surface area (Å²) in [6.07, 6.45) is 0.311. The van der Waals surface area contributed by atoms with Crippen LogP contribution >= 0.6 is 0 Å². The summed E-state index contributed by atoms with van der Waals surface area (Å²) in [5, 5.41) is 22.5. The molecule has 8 nitrogen and oxygen atoms in total. The maximum Gasteiger partial charge on any atom is 0.280 e. The van der Waals surface area contributed by atoms with E-state index in [0.29, 0.717) is 28.9 Å². The highest BCUT2D eigenvalue weighted by molar-refractivity contribution is 5.68. The summed E-state index contributed by atoms with van der Waals surface area (Å²) in [5.74, 6) is 0.267. The zero-order valence-corrected chi connectivity index (χ0v) is 14.7. The first-order valence-electron chi connectivity index (χ1n) is 8.18. The van der Waals surface area contributed by atoms with E-state index in [9.17, 15) is 20.2 Å². The summed E-state index contributed by atoms with van der Waals surface area (Å²) in [6.45, 7) is 3.55. The van der Waals surface area contributed by atoms with Crippen molar-refractivity contribution in [2.75, 3.05) is 0 Å². The molecule has 8 heteroatoms. The van der Waals surface area contributed by atoms with E-state index in [1.165, 1.54) is 12.1 Å². The van der Waals surface area contributed by atoms with Crippen LogP contribution in [-0.4, -0.2) is 19.8 Å². The smallest absolute Gasteiger partial charge is 0.258 e. The minimum atomic E-state index is -0.468. The Morgan fingerprint density at radius 1 is 0.815 bits per heavy atom. The largest absolute Gasteiger partial charge is 0.280 e. The Kier molecular flexibility index (Phi) is 4.89. The van der Waals surface area contributed by atoms with Gasteiger partial charge in [-0.15, -0.1) is 0 Å². The molecule has 0 aliphatic rings. The average molecular weight is 364 g/mol. The van der Waals surface area contributed by atoms with Gasteiger partial charge in [-0.2, -0.15) is 0 Å². The maximum atomic E-state index is 11.3. The number of hydrogen-bond acceptors (Lipinski definition) is 6. The van der Waals surface area contributed by atoms with E-state index in [-0.39, 0.29) is 17.2 Å². The van der Waals surface area contributed by atoms with Gasteiger partial charge in [0.15, 0.2) is 5.82 Å². The number of hydrogen-bond donors (Lipinski definition) is 0. The van der Waals surface area contributed by atoms with Gasteiger partial charge in [0, 0.05) is 35.5 Å². The molecule has 1 heterocycles. The molecule has 0 unspecified atom stereocenters. The van der Waals surface area contributed by atoms with Crippen LogP contribution < -0.4 is 0 Å². The fraction of sp³-hybridized carbons (Fsp3) is 0.158. The molecule has 0 spiro atoms. The molecule has 0 fully saturated rings. The zero-order chi connectivity index (χ0) is 19.6. The highest BCUT2D eigenvalue weighted by Gasteiger charge is 2.20. The van der Waals surface area contributed by atoms with Crippen molar-refractivity contribution in [3.05, 3.63) is 91.3 Å². The van der Waals surface area contributed by atoms with Crippen molar-refractivity contribution in [3.63, 3.8) is 0 Å². The second kappa shape index (κ2) is 7.28. The minimum absolute atomic E-state index is 0.0408. The Balaban J connectivity index is 2.05. The zero-order valence-electron chi connectivity index (χ0n) is 14.7. The predicted molar refractivity (Wildman–Crippen MR) is 99.5 cm³/mol. The van der Waals surface area contributed by atoms with Crippen LogP contribution in [0.1, 0.15) is 22.5 Å². The number of benzene rings is 2. The highest BCUT2D eigenvalue weighted by Crippen LogP contribution is 2.29. The Bertz CT molecular complexity index is 1030. The summed E-state index contributed by atoms with van der Waals surface area (Å²) in [7, 11) is 0. The molecule has 0 aliphatic carbocycles. The number of nitro benzene ring substituents is 2. The lowest BCUT2D eigenvalue weighted by molar-refractivity contribution is -0.385. The SMILES string of the molecule is Cc1nc(-c2ccccc2[N+](=O)[O-])nc(C)c1Cc1ccccc1[N+](=O)[O-]. The van der Waals surface area contributed by atoms with Gasteiger partial charge in [-0.25, -0.2) is 9.97 Å². The molecule has 1 aromatic heterocycles. The van der Waals surface area contributed by atoms with Gasteiger partial charge in [-0.3, -0.25) is 20.2 Å². The van der Waals surface area contributed by atoms with Crippen molar-refractivity contribution in [2.24, 2.45) is 0 Å². The monoisotopic (exact) mass is 364 g/mol. The molecule has 0 atom stereocenters. The Labute approximate surface area is 154 Å². The van der Waals surface area contributed by atoms with E-state index in [1.54, 1.807) is 50.2 Å². The summed E-state index contributed by atoms with van der Waals surface area (Å²) >= 11 is 0. The van der Waals surface area contributed by atoms with E-state index in [1.807, 2.05) is 0 Å². The lowest BCUT2D eigenvalue weighted by atomic mass is 10.0. The Morgan fingerprint density at radius 3 is 1.93 bits per heavy atom. The van der Waals surface area contributed by atoms with E-state index < -0.39 is 9.85 Å². The predicted octanol–water partition coefficient (Wildman–Crippen LogP) is 4.17. The van der Waals surface area contributed by atoms with Crippen LogP contribution in [0.3, 0.4) is 0 Å². The number of para-hydroxylation sites is 2. The summed E-state index contributed by atoms with van der Waals surface area (Å²) in [6, 6.07) is 12.8. The molecule has 0 saturated heterocycles. The maximum absolute atomic E-state index is 11.3. The fourth-order valence-corrected chi connectivity index (χ4v) is 2.97. The van der Waals surface area contributed by atoms with E-state index in [0.717, 1.165) is 5.56 Å². The first-order chi connectivity index (χ1) is 12.9. The van der Waals surface area contributed by atoms with Gasteiger partial charge in [0.1, 0.15) is 0 Å². The van der Waals surface area contributed by atoms with Crippen molar-refractivity contribution >= 4 is 11.4 Å². The van der Waals surface area contributed by atoms with Crippen molar-refractivity contribution in [1.82, 2.24) is 9.97 Å². The van der Waals surface area contributed by atoms with Crippen molar-refractivity contribution in [3.8, 4) is 11.4 Å². The number of rotatable bonds is 5. The number of aryl methyl sites for hydroxylation is 2. The molecule has 0 amide bonds. The van der Waals surface area contributed by atoms with Gasteiger partial charge in [0.25, 0.3) is 11.4 Å². The van der Waals surface area contributed by atoms with Gasteiger partial charge < -0.3 is 0 Å². The third-order valence-electron chi connectivity index (χ3n) is 4.32. The minimum Gasteiger partial charge on any atom is -0.258 e. The van der Waals surface area contributed by atoms with Gasteiger partial charge in [-0.05, 0) is 25.5 Å². The summed E-state index contributed by atoms with van der Waals surface area (Å²) in [4.78, 5) is 30.5. The highest BCUT2D eigenvalue weighted by atomic mass is 16.6. The van der Waals surface area contributed by atoms with E-state index >= 15 is 0 Å². The molecule has 136 valence electrons. The van der Waals surface area contributed by atoms with E-state index in [2.05, 4.69) is 9.97 Å². The van der Waals surface area contributed by atoms with Crippen molar-refractivity contribution in [1.29, 1.82) is 0 Å². The molecule has 3 aromatic rings. The summed E-state index contributed by atoms with van der Waals surface area (Å²) < 4.78 is 0. The van der Waals surface area contributed by atoms with Crippen molar-refractivity contribution < 1.29 is 9.85 Å². The molecule has 2 aromatic carbocycles. The number of nitro groups is 2. The van der Waals surface area contributed by atoms with Gasteiger partial charge in [-0.1, -0.05) is 30.3 Å². The second-order valence-electron chi connectivity index (χ2n) is 6.03. The lowest BCUT2D eigenvalue weighted by Gasteiger charge is -2.11. The van der Waals surface area contributed by atoms with Crippen LogP contribution in [0.25, 0.3) is 11.4 Å². The number of aromatic nitrogens is 2. The second-order valence-corrected chi connectivity index (χ2v) is 6.03. The first kappa shape index (κ1) is 18.1. The van der Waals surface area contributed by atoms with Crippen molar-refractivity contribution in [2.45, 2.75) is 20.3 Å². The van der Waals surface area contributed by atoms with Gasteiger partial charge >= 0.3 is 0 Å². The Hall–Kier alpha value is -3.68. The fourth-order valence-electron chi connectivity index (χ4n) is 2.97. The Morgan fingerprint density at radius 2 is 1.33 bits per heavy atom.